The van der Waals surface area contributed by atoms with Gasteiger partial charge in [-0.1, -0.05) is 6.92 Å². The highest BCUT2D eigenvalue weighted by atomic mass is 32.2. The van der Waals surface area contributed by atoms with Crippen molar-refractivity contribution in [2.24, 2.45) is 11.1 Å². The molecule has 118 valence electrons. The van der Waals surface area contributed by atoms with Crippen molar-refractivity contribution in [3.05, 3.63) is 16.3 Å². The molecular weight excluding hydrogens is 322 g/mol. The van der Waals surface area contributed by atoms with Gasteiger partial charge >= 0.3 is 5.76 Å². The van der Waals surface area contributed by atoms with E-state index in [0.29, 0.717) is 26.1 Å². The molecule has 2 N–H and O–H groups in total. The van der Waals surface area contributed by atoms with Crippen LogP contribution in [-0.4, -0.2) is 44.6 Å². The number of rotatable bonds is 4. The highest BCUT2D eigenvalue weighted by molar-refractivity contribution is 7.92. The van der Waals surface area contributed by atoms with Crippen LogP contribution in [0.2, 0.25) is 0 Å². The van der Waals surface area contributed by atoms with Gasteiger partial charge in [0.05, 0.1) is 4.90 Å². The Morgan fingerprint density at radius 3 is 2.76 bits per heavy atom. The van der Waals surface area contributed by atoms with Crippen molar-refractivity contribution in [2.45, 2.75) is 24.0 Å². The van der Waals surface area contributed by atoms with E-state index < -0.39 is 26.4 Å². The summed E-state index contributed by atoms with van der Waals surface area (Å²) >= 11 is 0.862. The van der Waals surface area contributed by atoms with Crippen molar-refractivity contribution in [1.82, 2.24) is 4.90 Å². The molecule has 0 saturated carbocycles. The third-order valence-corrected chi connectivity index (χ3v) is 6.16. The highest BCUT2D eigenvalue weighted by Gasteiger charge is 2.38. The quantitative estimate of drug-likeness (QED) is 0.903. The first kappa shape index (κ1) is 16.3. The van der Waals surface area contributed by atoms with E-state index in [-0.39, 0.29) is 10.3 Å². The zero-order valence-corrected chi connectivity index (χ0v) is 13.0. The molecule has 5 nitrogen and oxygen atoms in total. The minimum atomic E-state index is -4.77. The Labute approximate surface area is 125 Å². The molecule has 0 aliphatic carbocycles. The smallest absolute Gasteiger partial charge is 0.337 e. The topological polar surface area (TPSA) is 80.5 Å². The number of nitrogens with zero attached hydrogens (tertiary/aromatic N) is 1. The molecule has 0 aromatic carbocycles. The van der Waals surface area contributed by atoms with Crippen LogP contribution in [0.25, 0.3) is 0 Å². The molecule has 2 heterocycles. The van der Waals surface area contributed by atoms with Crippen LogP contribution in [0.4, 0.5) is 8.78 Å². The van der Waals surface area contributed by atoms with Crippen molar-refractivity contribution in [3.63, 3.8) is 0 Å². The number of halogens is 2. The minimum Gasteiger partial charge on any atom is -0.337 e. The van der Waals surface area contributed by atoms with Gasteiger partial charge in [0.25, 0.3) is 5.91 Å². The van der Waals surface area contributed by atoms with E-state index in [0.717, 1.165) is 17.4 Å². The van der Waals surface area contributed by atoms with Crippen molar-refractivity contribution >= 4 is 27.1 Å². The lowest BCUT2D eigenvalue weighted by molar-refractivity contribution is 0.0778. The summed E-state index contributed by atoms with van der Waals surface area (Å²) in [4.78, 5) is 13.1. The summed E-state index contributed by atoms with van der Waals surface area (Å²) < 4.78 is 48.5. The summed E-state index contributed by atoms with van der Waals surface area (Å²) in [5.74, 6) is -4.06. The van der Waals surface area contributed by atoms with Gasteiger partial charge in [0.2, 0.25) is 9.84 Å². The molecule has 0 radical (unpaired) electrons. The average molecular weight is 338 g/mol. The second kappa shape index (κ2) is 5.62. The number of sulfone groups is 1. The van der Waals surface area contributed by atoms with E-state index in [1.807, 2.05) is 6.92 Å². The molecule has 1 atom stereocenters. The van der Waals surface area contributed by atoms with Gasteiger partial charge in [0, 0.05) is 13.1 Å². The fourth-order valence-corrected chi connectivity index (χ4v) is 4.41. The molecule has 2 rings (SSSR count). The summed E-state index contributed by atoms with van der Waals surface area (Å²) in [6.45, 7) is 3.18. The van der Waals surface area contributed by atoms with Gasteiger partial charge in [-0.3, -0.25) is 4.79 Å². The van der Waals surface area contributed by atoms with E-state index in [4.69, 9.17) is 5.73 Å². The third-order valence-electron chi connectivity index (χ3n) is 3.70. The molecule has 1 saturated heterocycles. The number of carbonyl (C=O) groups is 1. The average Bonchev–Trinajstić information content (AvgIpc) is 3.05. The lowest BCUT2D eigenvalue weighted by atomic mass is 9.90. The van der Waals surface area contributed by atoms with Crippen LogP contribution in [-0.2, 0) is 9.84 Å². The number of amides is 1. The third kappa shape index (κ3) is 2.95. The summed E-state index contributed by atoms with van der Waals surface area (Å²) in [7, 11) is -4.77. The number of hydrogen-bond donors (Lipinski definition) is 1. The second-order valence-corrected chi connectivity index (χ2v) is 8.21. The van der Waals surface area contributed by atoms with Gasteiger partial charge in [-0.15, -0.1) is 11.3 Å². The van der Waals surface area contributed by atoms with Crippen molar-refractivity contribution in [1.29, 1.82) is 0 Å². The van der Waals surface area contributed by atoms with E-state index in [1.54, 1.807) is 0 Å². The zero-order valence-electron chi connectivity index (χ0n) is 11.4. The number of thiophene rings is 1. The normalized spacial score (nSPS) is 23.0. The molecule has 0 bridgehead atoms. The fourth-order valence-electron chi connectivity index (χ4n) is 2.28. The van der Waals surface area contributed by atoms with Crippen LogP contribution >= 0.6 is 11.3 Å². The molecule has 1 aromatic rings. The zero-order chi connectivity index (χ0) is 15.8. The monoisotopic (exact) mass is 338 g/mol. The van der Waals surface area contributed by atoms with Crippen LogP contribution in [0.15, 0.2) is 16.3 Å². The molecule has 0 spiro atoms. The standard InChI is InChI=1S/C12H16F2N2O3S2/c1-12(6-15)3-4-16(7-12)10(17)9-8(2-5-20-9)21(18,19)11(13)14/h2,5,11H,3-4,6-7,15H2,1H3. The molecule has 1 unspecified atom stereocenters. The minimum absolute atomic E-state index is 0.156. The van der Waals surface area contributed by atoms with E-state index in [1.165, 1.54) is 10.3 Å². The van der Waals surface area contributed by atoms with Crippen LogP contribution in [0.1, 0.15) is 23.0 Å². The van der Waals surface area contributed by atoms with Crippen LogP contribution in [0.3, 0.4) is 0 Å². The van der Waals surface area contributed by atoms with Gasteiger partial charge < -0.3 is 10.6 Å². The van der Waals surface area contributed by atoms with Crippen molar-refractivity contribution < 1.29 is 22.0 Å². The van der Waals surface area contributed by atoms with E-state index >= 15 is 0 Å². The molecule has 1 amide bonds. The molecule has 1 aliphatic rings. The Balaban J connectivity index is 2.29. The Bertz CT molecular complexity index is 645. The molecule has 1 aliphatic heterocycles. The first-order valence-corrected chi connectivity index (χ1v) is 8.73. The Morgan fingerprint density at radius 2 is 2.24 bits per heavy atom. The number of carbonyl (C=O) groups excluding carboxylic acids is 1. The number of hydrogen-bond acceptors (Lipinski definition) is 5. The Morgan fingerprint density at radius 1 is 1.57 bits per heavy atom. The molecule has 9 heteroatoms. The number of alkyl halides is 2. The van der Waals surface area contributed by atoms with Gasteiger partial charge in [0.1, 0.15) is 4.88 Å². The summed E-state index contributed by atoms with van der Waals surface area (Å²) in [6, 6.07) is 1.05. The first-order chi connectivity index (χ1) is 9.71. The summed E-state index contributed by atoms with van der Waals surface area (Å²) in [5.41, 5.74) is 5.44. The van der Waals surface area contributed by atoms with Gasteiger partial charge in [-0.2, -0.15) is 8.78 Å². The lowest BCUT2D eigenvalue weighted by Gasteiger charge is -2.22. The lowest BCUT2D eigenvalue weighted by Crippen LogP contribution is -2.34. The van der Waals surface area contributed by atoms with Crippen LogP contribution in [0.5, 0.6) is 0 Å². The Hall–Kier alpha value is -1.06. The van der Waals surface area contributed by atoms with E-state index in [2.05, 4.69) is 0 Å². The maximum absolute atomic E-state index is 12.6. The van der Waals surface area contributed by atoms with Crippen LogP contribution < -0.4 is 5.73 Å². The summed E-state index contributed by atoms with van der Waals surface area (Å²) in [5, 5.41) is 1.33. The van der Waals surface area contributed by atoms with Crippen molar-refractivity contribution in [3.8, 4) is 0 Å². The van der Waals surface area contributed by atoms with Gasteiger partial charge in [0.15, 0.2) is 0 Å². The predicted molar refractivity (Wildman–Crippen MR) is 75.2 cm³/mol. The molecule has 21 heavy (non-hydrogen) atoms. The largest absolute Gasteiger partial charge is 0.341 e. The van der Waals surface area contributed by atoms with Crippen molar-refractivity contribution in [2.75, 3.05) is 19.6 Å². The fraction of sp³-hybridized carbons (Fsp3) is 0.583. The molecule has 1 fully saturated rings. The second-order valence-electron chi connectivity index (χ2n) is 5.41. The summed E-state index contributed by atoms with van der Waals surface area (Å²) in [6.07, 6.45) is 0.706. The van der Waals surface area contributed by atoms with Crippen LogP contribution in [0, 0.1) is 5.41 Å². The molecule has 1 aromatic heterocycles. The maximum atomic E-state index is 12.6. The maximum Gasteiger partial charge on any atom is 0.341 e. The van der Waals surface area contributed by atoms with Gasteiger partial charge in [-0.25, -0.2) is 8.42 Å². The SMILES string of the molecule is CC1(CN)CCN(C(=O)c2sccc2S(=O)(=O)C(F)F)C1. The number of likely N-dealkylation sites (tertiary alicyclic amines) is 1. The molecular formula is C12H16F2N2O3S2. The first-order valence-electron chi connectivity index (χ1n) is 6.30. The highest BCUT2D eigenvalue weighted by Crippen LogP contribution is 2.33. The van der Waals surface area contributed by atoms with Gasteiger partial charge in [-0.05, 0) is 29.8 Å². The predicted octanol–water partition coefficient (Wildman–Crippen LogP) is 1.56. The van der Waals surface area contributed by atoms with E-state index in [9.17, 15) is 22.0 Å². The number of nitrogens with two attached hydrogens (primary N) is 1. The Kier molecular flexibility index (Phi) is 4.36.